The van der Waals surface area contributed by atoms with Crippen molar-refractivity contribution >= 4 is 0 Å². The monoisotopic (exact) mass is 311 g/mol. The molecule has 6 heteroatoms. The number of nitrogens with one attached hydrogen (secondary N) is 1. The van der Waals surface area contributed by atoms with Gasteiger partial charge in [-0.25, -0.2) is 8.78 Å². The van der Waals surface area contributed by atoms with E-state index in [0.29, 0.717) is 0 Å². The van der Waals surface area contributed by atoms with Crippen molar-refractivity contribution in [2.45, 2.75) is 46.4 Å². The molecular formula is C16H23F2N3O. The lowest BCUT2D eigenvalue weighted by molar-refractivity contribution is 0.0787. The van der Waals surface area contributed by atoms with Crippen molar-refractivity contribution < 1.29 is 13.5 Å². The van der Waals surface area contributed by atoms with Crippen LogP contribution in [0.5, 0.6) is 0 Å². The van der Waals surface area contributed by atoms with Gasteiger partial charge in [0.2, 0.25) is 0 Å². The van der Waals surface area contributed by atoms with Crippen LogP contribution in [-0.2, 0) is 11.3 Å². The maximum atomic E-state index is 13.4. The van der Waals surface area contributed by atoms with E-state index < -0.39 is 11.6 Å². The van der Waals surface area contributed by atoms with Gasteiger partial charge in [-0.15, -0.1) is 0 Å². The van der Waals surface area contributed by atoms with Crippen LogP contribution >= 0.6 is 0 Å². The highest BCUT2D eigenvalue weighted by atomic mass is 19.1. The van der Waals surface area contributed by atoms with Crippen LogP contribution < -0.4 is 11.1 Å². The fourth-order valence-electron chi connectivity index (χ4n) is 1.81. The van der Waals surface area contributed by atoms with Crippen molar-refractivity contribution in [3.63, 3.8) is 0 Å². The van der Waals surface area contributed by atoms with Crippen LogP contribution in [0.25, 0.3) is 0 Å². The predicted octanol–water partition coefficient (Wildman–Crippen LogP) is 3.01. The van der Waals surface area contributed by atoms with E-state index in [1.54, 1.807) is 6.20 Å². The average Bonchev–Trinajstić information content (AvgIpc) is 2.45. The number of pyridine rings is 1. The Morgan fingerprint density at radius 1 is 1.41 bits per heavy atom. The standard InChI is InChI=1S/C16H23F2N3O/c1-10(7-19)13(4)21-11(2)5-12(3)22-9-16-15(18)6-14(17)8-20-16/h5-8,12-13,21H,9,19H2,1-4H3/b10-7-,11-5-. The SMILES string of the molecule is C/C(=C/C(C)OCc1ncc(F)cc1F)NC(C)/C(C)=C\N. The number of nitrogens with two attached hydrogens (primary N) is 1. The van der Waals surface area contributed by atoms with Crippen molar-refractivity contribution in [3.05, 3.63) is 53.1 Å². The van der Waals surface area contributed by atoms with Crippen LogP contribution in [0.4, 0.5) is 8.78 Å². The van der Waals surface area contributed by atoms with E-state index in [1.807, 2.05) is 33.8 Å². The summed E-state index contributed by atoms with van der Waals surface area (Å²) in [4.78, 5) is 3.68. The Morgan fingerprint density at radius 2 is 2.09 bits per heavy atom. The first kappa shape index (κ1) is 18.1. The average molecular weight is 311 g/mol. The number of ether oxygens (including phenoxy) is 1. The lowest BCUT2D eigenvalue weighted by Crippen LogP contribution is -2.26. The quantitative estimate of drug-likeness (QED) is 0.812. The Hall–Kier alpha value is -1.95. The highest BCUT2D eigenvalue weighted by molar-refractivity contribution is 5.11. The summed E-state index contributed by atoms with van der Waals surface area (Å²) in [6.45, 7) is 7.67. The van der Waals surface area contributed by atoms with Crippen LogP contribution in [0.1, 0.15) is 33.4 Å². The summed E-state index contributed by atoms with van der Waals surface area (Å²) in [7, 11) is 0. The molecule has 0 saturated carbocycles. The number of hydrogen-bond donors (Lipinski definition) is 2. The number of rotatable bonds is 7. The summed E-state index contributed by atoms with van der Waals surface area (Å²) in [5.74, 6) is -1.41. The molecule has 1 rings (SSSR count). The molecule has 1 heterocycles. The summed E-state index contributed by atoms with van der Waals surface area (Å²) >= 11 is 0. The number of allylic oxidation sites excluding steroid dienone is 1. The maximum absolute atomic E-state index is 13.4. The molecule has 1 aromatic heterocycles. The molecule has 0 bridgehead atoms. The summed E-state index contributed by atoms with van der Waals surface area (Å²) in [6.07, 6.45) is 4.17. The van der Waals surface area contributed by atoms with E-state index in [4.69, 9.17) is 10.5 Å². The fraction of sp³-hybridized carbons (Fsp3) is 0.438. The van der Waals surface area contributed by atoms with E-state index >= 15 is 0 Å². The second-order valence-electron chi connectivity index (χ2n) is 5.22. The maximum Gasteiger partial charge on any atom is 0.150 e. The third-order valence-corrected chi connectivity index (χ3v) is 3.24. The Labute approximate surface area is 130 Å². The fourth-order valence-corrected chi connectivity index (χ4v) is 1.81. The molecule has 3 N–H and O–H groups in total. The van der Waals surface area contributed by atoms with Crippen LogP contribution in [0, 0.1) is 11.6 Å². The Kier molecular flexibility index (Phi) is 6.98. The second-order valence-corrected chi connectivity index (χ2v) is 5.22. The number of nitrogens with zero attached hydrogens (tertiary/aromatic N) is 1. The summed E-state index contributed by atoms with van der Waals surface area (Å²) in [5, 5.41) is 3.27. The van der Waals surface area contributed by atoms with Crippen molar-refractivity contribution in [3.8, 4) is 0 Å². The smallest absolute Gasteiger partial charge is 0.150 e. The molecule has 0 spiro atoms. The first-order chi connectivity index (χ1) is 10.3. The molecule has 4 nitrogen and oxygen atoms in total. The highest BCUT2D eigenvalue weighted by Crippen LogP contribution is 2.10. The van der Waals surface area contributed by atoms with Gasteiger partial charge in [-0.05, 0) is 45.5 Å². The Balaban J connectivity index is 2.54. The Bertz CT molecular complexity index is 558. The largest absolute Gasteiger partial charge is 0.405 e. The van der Waals surface area contributed by atoms with Crippen molar-refractivity contribution in [2.75, 3.05) is 0 Å². The highest BCUT2D eigenvalue weighted by Gasteiger charge is 2.08. The van der Waals surface area contributed by atoms with E-state index in [9.17, 15) is 8.78 Å². The first-order valence-electron chi connectivity index (χ1n) is 7.08. The third-order valence-electron chi connectivity index (χ3n) is 3.24. The lowest BCUT2D eigenvalue weighted by atomic mass is 10.1. The summed E-state index contributed by atoms with van der Waals surface area (Å²) < 4.78 is 31.7. The number of aromatic nitrogens is 1. The molecular weight excluding hydrogens is 288 g/mol. The van der Waals surface area contributed by atoms with Gasteiger partial charge < -0.3 is 15.8 Å². The molecule has 22 heavy (non-hydrogen) atoms. The van der Waals surface area contributed by atoms with Gasteiger partial charge in [-0.2, -0.15) is 0 Å². The molecule has 122 valence electrons. The molecule has 2 atom stereocenters. The zero-order valence-corrected chi connectivity index (χ0v) is 13.4. The van der Waals surface area contributed by atoms with Crippen LogP contribution in [0.2, 0.25) is 0 Å². The molecule has 0 saturated heterocycles. The van der Waals surface area contributed by atoms with E-state index in [-0.39, 0.29) is 24.4 Å². The van der Waals surface area contributed by atoms with Gasteiger partial charge in [0.25, 0.3) is 0 Å². The van der Waals surface area contributed by atoms with Gasteiger partial charge >= 0.3 is 0 Å². The topological polar surface area (TPSA) is 60.2 Å². The molecule has 0 radical (unpaired) electrons. The number of hydrogen-bond acceptors (Lipinski definition) is 4. The van der Waals surface area contributed by atoms with Crippen LogP contribution in [0.15, 0.2) is 35.8 Å². The third kappa shape index (κ3) is 5.81. The summed E-state index contributed by atoms with van der Waals surface area (Å²) in [5.41, 5.74) is 7.51. The molecule has 0 aliphatic carbocycles. The van der Waals surface area contributed by atoms with Gasteiger partial charge in [0.1, 0.15) is 17.3 Å². The van der Waals surface area contributed by atoms with Crippen LogP contribution in [-0.4, -0.2) is 17.1 Å². The molecule has 0 aliphatic rings. The predicted molar refractivity (Wildman–Crippen MR) is 82.7 cm³/mol. The molecule has 0 amide bonds. The normalized spacial score (nSPS) is 15.5. The van der Waals surface area contributed by atoms with Crippen LogP contribution in [0.3, 0.4) is 0 Å². The molecule has 0 aliphatic heterocycles. The lowest BCUT2D eigenvalue weighted by Gasteiger charge is -2.17. The molecule has 1 aromatic rings. The molecule has 2 unspecified atom stereocenters. The van der Waals surface area contributed by atoms with Gasteiger partial charge in [-0.3, -0.25) is 4.98 Å². The van der Waals surface area contributed by atoms with Crippen molar-refractivity contribution in [1.29, 1.82) is 0 Å². The number of halogens is 2. The van der Waals surface area contributed by atoms with Crippen molar-refractivity contribution in [1.82, 2.24) is 10.3 Å². The Morgan fingerprint density at radius 3 is 2.68 bits per heavy atom. The van der Waals surface area contributed by atoms with Gasteiger partial charge in [-0.1, -0.05) is 0 Å². The first-order valence-corrected chi connectivity index (χ1v) is 7.08. The zero-order chi connectivity index (χ0) is 16.7. The minimum Gasteiger partial charge on any atom is -0.405 e. The van der Waals surface area contributed by atoms with Gasteiger partial charge in [0, 0.05) is 17.8 Å². The molecule has 0 fully saturated rings. The van der Waals surface area contributed by atoms with Gasteiger partial charge in [0.05, 0.1) is 18.9 Å². The second kappa shape index (κ2) is 8.48. The van der Waals surface area contributed by atoms with E-state index in [2.05, 4.69) is 10.3 Å². The van der Waals surface area contributed by atoms with E-state index in [1.165, 1.54) is 0 Å². The summed E-state index contributed by atoms with van der Waals surface area (Å²) in [6, 6.07) is 0.910. The van der Waals surface area contributed by atoms with Gasteiger partial charge in [0.15, 0.2) is 0 Å². The minimum absolute atomic E-state index is 0.0195. The minimum atomic E-state index is -0.705. The van der Waals surface area contributed by atoms with Crippen molar-refractivity contribution in [2.24, 2.45) is 5.73 Å². The molecule has 0 aromatic carbocycles. The van der Waals surface area contributed by atoms with E-state index in [0.717, 1.165) is 23.5 Å². The zero-order valence-electron chi connectivity index (χ0n) is 13.4.